The Bertz CT molecular complexity index is 1260. The first-order valence-electron chi connectivity index (χ1n) is 30.3. The van der Waals surface area contributed by atoms with Gasteiger partial charge in [-0.25, -0.2) is 0 Å². The fourth-order valence-corrected chi connectivity index (χ4v) is 8.62. The quantitative estimate of drug-likeness (QED) is 0.0261. The molecule has 0 aliphatic heterocycles. The number of carbonyl (C=O) groups excluding carboxylic acids is 3. The predicted molar refractivity (Wildman–Crippen MR) is 302 cm³/mol. The molecule has 0 aliphatic rings. The zero-order valence-electron chi connectivity index (χ0n) is 46.5. The molecule has 0 N–H and O–H groups in total. The molecular formula is C64H114O6. The SMILES string of the molecule is CCCCCC/C=C\C/C=C\CCCCCCCCCC(=O)OCC(COC(=O)CCCCCCC/C=C\CCCCCCCCC)OC(=O)CCCCCCCCC/C=C\C/C=C\CCCCCC. The van der Waals surface area contributed by atoms with Gasteiger partial charge >= 0.3 is 17.9 Å². The van der Waals surface area contributed by atoms with E-state index in [2.05, 4.69) is 81.5 Å². The first kappa shape index (κ1) is 67.1. The summed E-state index contributed by atoms with van der Waals surface area (Å²) in [4.78, 5) is 38.2. The lowest BCUT2D eigenvalue weighted by Crippen LogP contribution is -2.30. The second kappa shape index (κ2) is 58.7. The van der Waals surface area contributed by atoms with Crippen molar-refractivity contribution in [2.45, 2.75) is 316 Å². The van der Waals surface area contributed by atoms with Gasteiger partial charge in [-0.3, -0.25) is 14.4 Å². The van der Waals surface area contributed by atoms with Gasteiger partial charge in [-0.15, -0.1) is 0 Å². The molecule has 0 spiro atoms. The lowest BCUT2D eigenvalue weighted by molar-refractivity contribution is -0.167. The van der Waals surface area contributed by atoms with Crippen LogP contribution in [0.1, 0.15) is 310 Å². The minimum absolute atomic E-state index is 0.0832. The molecule has 1 unspecified atom stereocenters. The number of esters is 3. The fraction of sp³-hybridized carbons (Fsp3) is 0.797. The van der Waals surface area contributed by atoms with Gasteiger partial charge < -0.3 is 14.2 Å². The Labute approximate surface area is 434 Å². The van der Waals surface area contributed by atoms with Crippen LogP contribution in [0.3, 0.4) is 0 Å². The smallest absolute Gasteiger partial charge is 0.306 e. The third-order valence-corrected chi connectivity index (χ3v) is 13.2. The van der Waals surface area contributed by atoms with Gasteiger partial charge in [0.1, 0.15) is 13.2 Å². The Morgan fingerprint density at radius 1 is 0.286 bits per heavy atom. The average Bonchev–Trinajstić information content (AvgIpc) is 3.36. The Hall–Kier alpha value is -2.89. The maximum atomic E-state index is 12.9. The lowest BCUT2D eigenvalue weighted by atomic mass is 10.1. The molecule has 70 heavy (non-hydrogen) atoms. The topological polar surface area (TPSA) is 78.9 Å². The summed E-state index contributed by atoms with van der Waals surface area (Å²) < 4.78 is 16.9. The number of unbranched alkanes of at least 4 members (excludes halogenated alkanes) is 34. The summed E-state index contributed by atoms with van der Waals surface area (Å²) in [5.41, 5.74) is 0. The molecule has 0 radical (unpaired) electrons. The molecule has 0 fully saturated rings. The highest BCUT2D eigenvalue weighted by Crippen LogP contribution is 2.15. The van der Waals surface area contributed by atoms with Crippen molar-refractivity contribution < 1.29 is 28.6 Å². The van der Waals surface area contributed by atoms with Gasteiger partial charge in [-0.2, -0.15) is 0 Å². The summed E-state index contributed by atoms with van der Waals surface area (Å²) in [7, 11) is 0. The minimum Gasteiger partial charge on any atom is -0.462 e. The number of allylic oxidation sites excluding steroid dienone is 10. The van der Waals surface area contributed by atoms with Crippen molar-refractivity contribution in [3.05, 3.63) is 60.8 Å². The van der Waals surface area contributed by atoms with Crippen LogP contribution < -0.4 is 0 Å². The molecule has 6 heteroatoms. The summed E-state index contributed by atoms with van der Waals surface area (Å²) >= 11 is 0. The first-order chi connectivity index (χ1) is 34.5. The van der Waals surface area contributed by atoms with E-state index in [1.54, 1.807) is 0 Å². The van der Waals surface area contributed by atoms with Crippen molar-refractivity contribution >= 4 is 17.9 Å². The van der Waals surface area contributed by atoms with Crippen molar-refractivity contribution in [3.63, 3.8) is 0 Å². The van der Waals surface area contributed by atoms with Crippen LogP contribution in [0.5, 0.6) is 0 Å². The Balaban J connectivity index is 4.41. The van der Waals surface area contributed by atoms with Crippen molar-refractivity contribution in [2.24, 2.45) is 0 Å². The van der Waals surface area contributed by atoms with E-state index in [0.29, 0.717) is 19.3 Å². The van der Waals surface area contributed by atoms with Crippen LogP contribution in [-0.4, -0.2) is 37.2 Å². The molecule has 0 heterocycles. The van der Waals surface area contributed by atoms with E-state index < -0.39 is 6.10 Å². The normalized spacial score (nSPS) is 12.4. The number of ether oxygens (including phenoxy) is 3. The lowest BCUT2D eigenvalue weighted by Gasteiger charge is -2.18. The maximum absolute atomic E-state index is 12.9. The van der Waals surface area contributed by atoms with E-state index >= 15 is 0 Å². The molecule has 0 bridgehead atoms. The zero-order chi connectivity index (χ0) is 50.7. The van der Waals surface area contributed by atoms with Gasteiger partial charge in [0.2, 0.25) is 0 Å². The van der Waals surface area contributed by atoms with Crippen molar-refractivity contribution in [1.82, 2.24) is 0 Å². The molecule has 0 aromatic carbocycles. The number of hydrogen-bond donors (Lipinski definition) is 0. The van der Waals surface area contributed by atoms with E-state index in [1.807, 2.05) is 0 Å². The second-order valence-corrected chi connectivity index (χ2v) is 20.2. The summed E-state index contributed by atoms with van der Waals surface area (Å²) in [6.45, 7) is 6.62. The molecule has 0 rings (SSSR count). The third-order valence-electron chi connectivity index (χ3n) is 13.2. The van der Waals surface area contributed by atoms with E-state index in [1.165, 1.54) is 180 Å². The molecule has 6 nitrogen and oxygen atoms in total. The van der Waals surface area contributed by atoms with Gasteiger partial charge in [0, 0.05) is 19.3 Å². The van der Waals surface area contributed by atoms with Gasteiger partial charge in [-0.05, 0) is 109 Å². The average molecular weight is 980 g/mol. The van der Waals surface area contributed by atoms with Crippen LogP contribution in [0.15, 0.2) is 60.8 Å². The standard InChI is InChI=1S/C64H114O6/c1-4-7-10-13-16-19-22-25-28-31-33-36-39-42-45-48-51-54-57-63(66)69-60-61(59-68-62(65)56-53-50-47-44-41-38-35-30-27-24-21-18-15-12-9-6-3)70-64(67)58-55-52-49-46-43-40-37-34-32-29-26-23-20-17-14-11-8-5-2/h19-20,22-23,28-32,35,61H,4-18,21,24-27,33-34,36-60H2,1-3H3/b22-19-,23-20-,31-28-,32-29-,35-30-. The van der Waals surface area contributed by atoms with Crippen LogP contribution in [0, 0.1) is 0 Å². The molecule has 406 valence electrons. The number of rotatable bonds is 55. The molecule has 0 aromatic heterocycles. The van der Waals surface area contributed by atoms with Crippen LogP contribution in [0.2, 0.25) is 0 Å². The Morgan fingerprint density at radius 2 is 0.514 bits per heavy atom. The van der Waals surface area contributed by atoms with Crippen molar-refractivity contribution in [2.75, 3.05) is 13.2 Å². The maximum Gasteiger partial charge on any atom is 0.306 e. The fourth-order valence-electron chi connectivity index (χ4n) is 8.62. The number of hydrogen-bond acceptors (Lipinski definition) is 6. The summed E-state index contributed by atoms with van der Waals surface area (Å²) in [6, 6.07) is 0. The van der Waals surface area contributed by atoms with E-state index in [4.69, 9.17) is 14.2 Å². The van der Waals surface area contributed by atoms with E-state index in [-0.39, 0.29) is 31.1 Å². The Morgan fingerprint density at radius 3 is 0.814 bits per heavy atom. The van der Waals surface area contributed by atoms with Gasteiger partial charge in [0.15, 0.2) is 6.10 Å². The van der Waals surface area contributed by atoms with Gasteiger partial charge in [-0.1, -0.05) is 242 Å². The Kier molecular flexibility index (Phi) is 56.3. The highest BCUT2D eigenvalue weighted by Gasteiger charge is 2.19. The van der Waals surface area contributed by atoms with E-state index in [9.17, 15) is 14.4 Å². The molecule has 0 saturated heterocycles. The van der Waals surface area contributed by atoms with Crippen LogP contribution >= 0.6 is 0 Å². The largest absolute Gasteiger partial charge is 0.462 e. The molecule has 1 atom stereocenters. The summed E-state index contributed by atoms with van der Waals surface area (Å²) in [5, 5.41) is 0. The highest BCUT2D eigenvalue weighted by atomic mass is 16.6. The summed E-state index contributed by atoms with van der Waals surface area (Å²) in [6.07, 6.45) is 73.5. The van der Waals surface area contributed by atoms with Crippen LogP contribution in [0.25, 0.3) is 0 Å². The van der Waals surface area contributed by atoms with E-state index in [0.717, 1.165) is 89.9 Å². The van der Waals surface area contributed by atoms with Crippen molar-refractivity contribution in [1.29, 1.82) is 0 Å². The number of carbonyl (C=O) groups is 3. The zero-order valence-corrected chi connectivity index (χ0v) is 46.5. The molecule has 0 aromatic rings. The molecule has 0 aliphatic carbocycles. The molecule has 0 amide bonds. The predicted octanol–water partition coefficient (Wildman–Crippen LogP) is 20.4. The third kappa shape index (κ3) is 56.0. The first-order valence-corrected chi connectivity index (χ1v) is 30.3. The summed E-state index contributed by atoms with van der Waals surface area (Å²) in [5.74, 6) is -0.893. The van der Waals surface area contributed by atoms with Gasteiger partial charge in [0.25, 0.3) is 0 Å². The van der Waals surface area contributed by atoms with Gasteiger partial charge in [0.05, 0.1) is 0 Å². The monoisotopic (exact) mass is 979 g/mol. The molecular weight excluding hydrogens is 865 g/mol. The highest BCUT2D eigenvalue weighted by molar-refractivity contribution is 5.71. The van der Waals surface area contributed by atoms with Crippen LogP contribution in [-0.2, 0) is 28.6 Å². The van der Waals surface area contributed by atoms with Crippen LogP contribution in [0.4, 0.5) is 0 Å². The van der Waals surface area contributed by atoms with Crippen molar-refractivity contribution in [3.8, 4) is 0 Å². The minimum atomic E-state index is -0.786. The molecule has 0 saturated carbocycles. The second-order valence-electron chi connectivity index (χ2n) is 20.2.